The maximum absolute atomic E-state index is 10.7. The van der Waals surface area contributed by atoms with E-state index < -0.39 is 0 Å². The van der Waals surface area contributed by atoms with Crippen LogP contribution in [0.1, 0.15) is 10.4 Å². The fourth-order valence-corrected chi connectivity index (χ4v) is 1.97. The van der Waals surface area contributed by atoms with Crippen molar-refractivity contribution < 1.29 is 4.79 Å². The predicted molar refractivity (Wildman–Crippen MR) is 53.8 cm³/mol. The number of rotatable bonds is 1. The Morgan fingerprint density at radius 3 is 3.00 bits per heavy atom. The first kappa shape index (κ1) is 8.44. The van der Waals surface area contributed by atoms with Gasteiger partial charge in [0, 0.05) is 22.5 Å². The summed E-state index contributed by atoms with van der Waals surface area (Å²) in [5.41, 5.74) is 1.62. The van der Waals surface area contributed by atoms with Crippen LogP contribution in [-0.2, 0) is 7.05 Å². The van der Waals surface area contributed by atoms with Gasteiger partial charge in [-0.2, -0.15) is 5.10 Å². The van der Waals surface area contributed by atoms with Gasteiger partial charge in [0.05, 0.1) is 11.7 Å². The van der Waals surface area contributed by atoms with Gasteiger partial charge in [-0.25, -0.2) is 0 Å². The van der Waals surface area contributed by atoms with E-state index in [0.29, 0.717) is 5.56 Å². The van der Waals surface area contributed by atoms with Crippen LogP contribution in [0.15, 0.2) is 22.8 Å². The smallest absolute Gasteiger partial charge is 0.150 e. The minimum absolute atomic E-state index is 0.673. The Morgan fingerprint density at radius 1 is 1.54 bits per heavy atom. The number of aldehydes is 1. The molecular weight excluding hydrogens is 232 g/mol. The van der Waals surface area contributed by atoms with Crippen LogP contribution in [0.25, 0.3) is 10.9 Å². The summed E-state index contributed by atoms with van der Waals surface area (Å²) in [6.45, 7) is 0. The summed E-state index contributed by atoms with van der Waals surface area (Å²) >= 11 is 3.41. The molecule has 0 spiro atoms. The molecule has 0 amide bonds. The molecule has 0 aliphatic rings. The lowest BCUT2D eigenvalue weighted by molar-refractivity contribution is 0.112. The van der Waals surface area contributed by atoms with Gasteiger partial charge in [-0.1, -0.05) is 0 Å². The van der Waals surface area contributed by atoms with Crippen LogP contribution < -0.4 is 0 Å². The van der Waals surface area contributed by atoms with Crippen LogP contribution in [0, 0.1) is 0 Å². The Bertz CT molecular complexity index is 476. The standard InChI is InChI=1S/C9H7BrN2O/c1-12-9-7(4-11-12)6(5-13)2-3-8(9)10/h2-5H,1H3. The molecule has 2 rings (SSSR count). The van der Waals surface area contributed by atoms with Crippen molar-refractivity contribution in [2.24, 2.45) is 7.05 Å². The summed E-state index contributed by atoms with van der Waals surface area (Å²) in [5.74, 6) is 0. The summed E-state index contributed by atoms with van der Waals surface area (Å²) < 4.78 is 2.69. The van der Waals surface area contributed by atoms with E-state index in [9.17, 15) is 4.79 Å². The molecule has 1 aromatic carbocycles. The van der Waals surface area contributed by atoms with Gasteiger partial charge in [0.2, 0.25) is 0 Å². The van der Waals surface area contributed by atoms with E-state index in [1.54, 1.807) is 16.9 Å². The SMILES string of the molecule is Cn1ncc2c(C=O)ccc(Br)c21. The molecule has 0 unspecified atom stereocenters. The number of hydrogen-bond acceptors (Lipinski definition) is 2. The molecule has 1 aromatic heterocycles. The van der Waals surface area contributed by atoms with Gasteiger partial charge in [-0.05, 0) is 28.1 Å². The molecule has 0 fully saturated rings. The lowest BCUT2D eigenvalue weighted by atomic mass is 10.1. The van der Waals surface area contributed by atoms with Crippen molar-refractivity contribution in [3.05, 3.63) is 28.4 Å². The molecule has 2 aromatic rings. The molecule has 1 heterocycles. The average molecular weight is 239 g/mol. The highest BCUT2D eigenvalue weighted by Gasteiger charge is 2.07. The second kappa shape index (κ2) is 2.96. The van der Waals surface area contributed by atoms with Crippen molar-refractivity contribution in [3.63, 3.8) is 0 Å². The molecule has 3 nitrogen and oxygen atoms in total. The number of aryl methyl sites for hydroxylation is 1. The number of carbonyl (C=O) groups is 1. The molecule has 4 heteroatoms. The highest BCUT2D eigenvalue weighted by Crippen LogP contribution is 2.25. The number of halogens is 1. The van der Waals surface area contributed by atoms with Gasteiger partial charge in [-0.15, -0.1) is 0 Å². The minimum atomic E-state index is 0.673. The third-order valence-electron chi connectivity index (χ3n) is 2.01. The number of fused-ring (bicyclic) bond motifs is 1. The van der Waals surface area contributed by atoms with E-state index in [1.165, 1.54) is 0 Å². The Kier molecular flexibility index (Phi) is 1.92. The molecule has 0 saturated heterocycles. The first-order valence-corrected chi connectivity index (χ1v) is 4.58. The third kappa shape index (κ3) is 1.18. The largest absolute Gasteiger partial charge is 0.298 e. The molecule has 66 valence electrons. The number of benzene rings is 1. The van der Waals surface area contributed by atoms with Gasteiger partial charge >= 0.3 is 0 Å². The fraction of sp³-hybridized carbons (Fsp3) is 0.111. The predicted octanol–water partition coefficient (Wildman–Crippen LogP) is 2.15. The maximum atomic E-state index is 10.7. The van der Waals surface area contributed by atoms with Crippen LogP contribution in [0.4, 0.5) is 0 Å². The van der Waals surface area contributed by atoms with E-state index in [0.717, 1.165) is 21.7 Å². The van der Waals surface area contributed by atoms with E-state index in [-0.39, 0.29) is 0 Å². The van der Waals surface area contributed by atoms with Gasteiger partial charge < -0.3 is 0 Å². The molecule has 0 aliphatic heterocycles. The van der Waals surface area contributed by atoms with Crippen LogP contribution >= 0.6 is 15.9 Å². The Morgan fingerprint density at radius 2 is 2.31 bits per heavy atom. The lowest BCUT2D eigenvalue weighted by Gasteiger charge is -1.98. The normalized spacial score (nSPS) is 10.6. The van der Waals surface area contributed by atoms with Crippen molar-refractivity contribution in [2.45, 2.75) is 0 Å². The quantitative estimate of drug-likeness (QED) is 0.714. The first-order chi connectivity index (χ1) is 6.24. The molecule has 0 radical (unpaired) electrons. The maximum Gasteiger partial charge on any atom is 0.150 e. The first-order valence-electron chi connectivity index (χ1n) is 3.79. The molecule has 0 aliphatic carbocycles. The Hall–Kier alpha value is -1.16. The fourth-order valence-electron chi connectivity index (χ4n) is 1.37. The molecule has 0 bridgehead atoms. The van der Waals surface area contributed by atoms with Crippen LogP contribution in [0.2, 0.25) is 0 Å². The number of nitrogens with zero attached hydrogens (tertiary/aromatic N) is 2. The molecule has 0 atom stereocenters. The summed E-state index contributed by atoms with van der Waals surface area (Å²) in [6.07, 6.45) is 2.54. The summed E-state index contributed by atoms with van der Waals surface area (Å²) in [4.78, 5) is 10.7. The number of aromatic nitrogens is 2. The summed E-state index contributed by atoms with van der Waals surface area (Å²) in [7, 11) is 1.85. The van der Waals surface area contributed by atoms with E-state index >= 15 is 0 Å². The summed E-state index contributed by atoms with van der Waals surface area (Å²) in [5, 5.41) is 4.97. The number of hydrogen-bond donors (Lipinski definition) is 0. The summed E-state index contributed by atoms with van der Waals surface area (Å²) in [6, 6.07) is 3.63. The van der Waals surface area contributed by atoms with Gasteiger partial charge in [-0.3, -0.25) is 9.48 Å². The van der Waals surface area contributed by atoms with Crippen molar-refractivity contribution >= 4 is 33.1 Å². The lowest BCUT2D eigenvalue weighted by Crippen LogP contribution is -1.90. The highest BCUT2D eigenvalue weighted by atomic mass is 79.9. The van der Waals surface area contributed by atoms with Crippen LogP contribution in [0.5, 0.6) is 0 Å². The second-order valence-electron chi connectivity index (χ2n) is 2.78. The molecular formula is C9H7BrN2O. The van der Waals surface area contributed by atoms with Crippen LogP contribution in [0.3, 0.4) is 0 Å². The Balaban J connectivity index is 2.95. The van der Waals surface area contributed by atoms with Crippen molar-refractivity contribution in [3.8, 4) is 0 Å². The van der Waals surface area contributed by atoms with E-state index in [4.69, 9.17) is 0 Å². The highest BCUT2D eigenvalue weighted by molar-refractivity contribution is 9.10. The second-order valence-corrected chi connectivity index (χ2v) is 3.64. The molecule has 13 heavy (non-hydrogen) atoms. The average Bonchev–Trinajstić information content (AvgIpc) is 2.50. The molecule has 0 N–H and O–H groups in total. The molecule has 0 saturated carbocycles. The number of carbonyl (C=O) groups excluding carboxylic acids is 1. The van der Waals surface area contributed by atoms with Gasteiger partial charge in [0.25, 0.3) is 0 Å². The Labute approximate surface area is 83.5 Å². The topological polar surface area (TPSA) is 34.9 Å². The van der Waals surface area contributed by atoms with E-state index in [2.05, 4.69) is 21.0 Å². The van der Waals surface area contributed by atoms with Gasteiger partial charge in [0.15, 0.2) is 6.29 Å². The monoisotopic (exact) mass is 238 g/mol. The van der Waals surface area contributed by atoms with Crippen molar-refractivity contribution in [1.82, 2.24) is 9.78 Å². The van der Waals surface area contributed by atoms with Crippen molar-refractivity contribution in [2.75, 3.05) is 0 Å². The zero-order valence-electron chi connectivity index (χ0n) is 6.99. The third-order valence-corrected chi connectivity index (χ3v) is 2.65. The van der Waals surface area contributed by atoms with Gasteiger partial charge in [0.1, 0.15) is 0 Å². The van der Waals surface area contributed by atoms with E-state index in [1.807, 2.05) is 13.1 Å². The zero-order chi connectivity index (χ0) is 9.42. The zero-order valence-corrected chi connectivity index (χ0v) is 8.58. The van der Waals surface area contributed by atoms with Crippen molar-refractivity contribution in [1.29, 1.82) is 0 Å². The minimum Gasteiger partial charge on any atom is -0.298 e. The van der Waals surface area contributed by atoms with Crippen LogP contribution in [-0.4, -0.2) is 16.1 Å².